The number of rotatable bonds is 2. The monoisotopic (exact) mass is 174 g/mol. The molecule has 0 N–H and O–H groups in total. The third-order valence-electron chi connectivity index (χ3n) is 1.36. The fraction of sp³-hybridized carbons (Fsp3) is 0.125. The van der Waals surface area contributed by atoms with Crippen LogP contribution in [0.1, 0.15) is 10.4 Å². The molecule has 0 aliphatic carbocycles. The minimum atomic E-state index is -1.20. The molecule has 0 bridgehead atoms. The van der Waals surface area contributed by atoms with Crippen molar-refractivity contribution in [2.45, 2.75) is 0 Å². The van der Waals surface area contributed by atoms with Crippen molar-refractivity contribution in [3.63, 3.8) is 0 Å². The van der Waals surface area contributed by atoms with Gasteiger partial charge < -0.3 is 0 Å². The van der Waals surface area contributed by atoms with E-state index < -0.39 is 24.1 Å². The average molecular weight is 174 g/mol. The third kappa shape index (κ3) is 1.64. The molecule has 4 heteroatoms. The molecule has 0 saturated heterocycles. The molecule has 1 rings (SSSR count). The van der Waals surface area contributed by atoms with E-state index in [-0.39, 0.29) is 5.56 Å². The molecule has 0 aliphatic heterocycles. The lowest BCUT2D eigenvalue weighted by Gasteiger charge is -1.96. The number of ketones is 1. The normalized spacial score (nSPS) is 9.92. The minimum absolute atomic E-state index is 0.156. The zero-order valence-electron chi connectivity index (χ0n) is 5.98. The molecule has 0 amide bonds. The van der Waals surface area contributed by atoms with Crippen LogP contribution in [0.5, 0.6) is 0 Å². The quantitative estimate of drug-likeness (QED) is 0.627. The lowest BCUT2D eigenvalue weighted by Crippen LogP contribution is -2.01. The zero-order valence-corrected chi connectivity index (χ0v) is 5.98. The van der Waals surface area contributed by atoms with Gasteiger partial charge in [0.1, 0.15) is 0 Å². The Morgan fingerprint density at radius 2 is 1.92 bits per heavy atom. The van der Waals surface area contributed by atoms with Gasteiger partial charge in [-0.3, -0.25) is 4.79 Å². The molecule has 0 fully saturated rings. The first kappa shape index (κ1) is 8.77. The van der Waals surface area contributed by atoms with Gasteiger partial charge in [0.15, 0.2) is 24.1 Å². The summed E-state index contributed by atoms with van der Waals surface area (Å²) in [5.41, 5.74) is -0.156. The van der Waals surface area contributed by atoms with Crippen LogP contribution in [0.2, 0.25) is 0 Å². The summed E-state index contributed by atoms with van der Waals surface area (Å²) in [6, 6.07) is 2.51. The van der Waals surface area contributed by atoms with Crippen molar-refractivity contribution in [2.75, 3.05) is 6.67 Å². The van der Waals surface area contributed by atoms with Gasteiger partial charge in [-0.25, -0.2) is 13.2 Å². The summed E-state index contributed by atoms with van der Waals surface area (Å²) in [7, 11) is 0. The fourth-order valence-electron chi connectivity index (χ4n) is 0.747. The highest BCUT2D eigenvalue weighted by molar-refractivity contribution is 5.96. The predicted octanol–water partition coefficient (Wildman–Crippen LogP) is 2.12. The van der Waals surface area contributed by atoms with Crippen molar-refractivity contribution in [1.29, 1.82) is 0 Å². The summed E-state index contributed by atoms with van der Waals surface area (Å²) < 4.78 is 36.5. The number of Topliss-reactive ketones (excluding diaryl/α,β-unsaturated/α-hetero) is 1. The van der Waals surface area contributed by atoms with E-state index in [0.29, 0.717) is 6.07 Å². The van der Waals surface area contributed by atoms with Crippen LogP contribution in [-0.4, -0.2) is 12.5 Å². The molecule has 0 saturated carbocycles. The van der Waals surface area contributed by atoms with Crippen LogP contribution in [0.4, 0.5) is 13.2 Å². The van der Waals surface area contributed by atoms with Crippen LogP contribution in [0, 0.1) is 11.6 Å². The highest BCUT2D eigenvalue weighted by atomic mass is 19.2. The smallest absolute Gasteiger partial charge is 0.193 e. The summed E-state index contributed by atoms with van der Waals surface area (Å²) in [5, 5.41) is 0. The lowest BCUT2D eigenvalue weighted by atomic mass is 10.1. The van der Waals surface area contributed by atoms with E-state index in [4.69, 9.17) is 0 Å². The first-order chi connectivity index (χ1) is 5.65. The summed E-state index contributed by atoms with van der Waals surface area (Å²) in [6.45, 7) is -1.20. The van der Waals surface area contributed by atoms with E-state index in [1.54, 1.807) is 0 Å². The highest BCUT2D eigenvalue weighted by Gasteiger charge is 2.08. The summed E-state index contributed by atoms with van der Waals surface area (Å²) >= 11 is 0. The van der Waals surface area contributed by atoms with Crippen LogP contribution in [0.25, 0.3) is 0 Å². The molecule has 0 aliphatic rings. The van der Waals surface area contributed by atoms with E-state index in [1.807, 2.05) is 0 Å². The van der Waals surface area contributed by atoms with E-state index in [1.165, 1.54) is 0 Å². The van der Waals surface area contributed by atoms with Crippen LogP contribution >= 0.6 is 0 Å². The first-order valence-corrected chi connectivity index (χ1v) is 3.19. The van der Waals surface area contributed by atoms with Crippen molar-refractivity contribution in [2.24, 2.45) is 0 Å². The fourth-order valence-corrected chi connectivity index (χ4v) is 0.747. The Bertz CT molecular complexity index is 309. The molecule has 0 atom stereocenters. The number of hydrogen-bond acceptors (Lipinski definition) is 1. The molecule has 12 heavy (non-hydrogen) atoms. The number of carbonyl (C=O) groups is 1. The lowest BCUT2D eigenvalue weighted by molar-refractivity contribution is 0.0958. The molecule has 0 heterocycles. The standard InChI is InChI=1S/C8H5F3O/c9-4-8(12)5-1-2-6(10)7(11)3-5/h1-3H,4H2. The van der Waals surface area contributed by atoms with Crippen molar-refractivity contribution < 1.29 is 18.0 Å². The molecule has 1 aromatic carbocycles. The summed E-state index contributed by atoms with van der Waals surface area (Å²) in [6.07, 6.45) is 0. The predicted molar refractivity (Wildman–Crippen MR) is 36.7 cm³/mol. The van der Waals surface area contributed by atoms with Crippen LogP contribution in [-0.2, 0) is 0 Å². The van der Waals surface area contributed by atoms with Crippen molar-refractivity contribution in [1.82, 2.24) is 0 Å². The molecule has 64 valence electrons. The maximum Gasteiger partial charge on any atom is 0.193 e. The van der Waals surface area contributed by atoms with Gasteiger partial charge in [-0.1, -0.05) is 0 Å². The molecule has 0 aromatic heterocycles. The Kier molecular flexibility index (Phi) is 2.47. The van der Waals surface area contributed by atoms with Crippen LogP contribution in [0.3, 0.4) is 0 Å². The Balaban J connectivity index is 3.05. The first-order valence-electron chi connectivity index (χ1n) is 3.19. The van der Waals surface area contributed by atoms with Gasteiger partial charge in [-0.2, -0.15) is 0 Å². The molecular weight excluding hydrogens is 169 g/mol. The van der Waals surface area contributed by atoms with Gasteiger partial charge in [-0.05, 0) is 18.2 Å². The minimum Gasteiger partial charge on any atom is -0.291 e. The Morgan fingerprint density at radius 3 is 2.42 bits per heavy atom. The Hall–Kier alpha value is -1.32. The maximum atomic E-state index is 12.4. The van der Waals surface area contributed by atoms with Gasteiger partial charge in [-0.15, -0.1) is 0 Å². The van der Waals surface area contributed by atoms with E-state index in [2.05, 4.69) is 0 Å². The molecule has 0 unspecified atom stereocenters. The zero-order chi connectivity index (χ0) is 9.14. The Morgan fingerprint density at radius 1 is 1.25 bits per heavy atom. The van der Waals surface area contributed by atoms with Gasteiger partial charge in [0.2, 0.25) is 0 Å². The van der Waals surface area contributed by atoms with E-state index in [9.17, 15) is 18.0 Å². The second-order valence-corrected chi connectivity index (χ2v) is 2.19. The molecule has 0 spiro atoms. The van der Waals surface area contributed by atoms with Gasteiger partial charge in [0.05, 0.1) is 0 Å². The Labute approximate surface area is 66.8 Å². The number of alkyl halides is 1. The second-order valence-electron chi connectivity index (χ2n) is 2.19. The molecule has 1 nitrogen and oxygen atoms in total. The molecule has 1 aromatic rings. The van der Waals surface area contributed by atoms with Crippen LogP contribution in [0.15, 0.2) is 18.2 Å². The summed E-state index contributed by atoms with van der Waals surface area (Å²) in [4.78, 5) is 10.6. The number of carbonyl (C=O) groups excluding carboxylic acids is 1. The van der Waals surface area contributed by atoms with Gasteiger partial charge in [0, 0.05) is 5.56 Å². The number of hydrogen-bond donors (Lipinski definition) is 0. The highest BCUT2D eigenvalue weighted by Crippen LogP contribution is 2.09. The van der Waals surface area contributed by atoms with Gasteiger partial charge in [0.25, 0.3) is 0 Å². The third-order valence-corrected chi connectivity index (χ3v) is 1.36. The van der Waals surface area contributed by atoms with E-state index in [0.717, 1.165) is 12.1 Å². The van der Waals surface area contributed by atoms with Crippen molar-refractivity contribution in [3.05, 3.63) is 35.4 Å². The maximum absolute atomic E-state index is 12.4. The van der Waals surface area contributed by atoms with Gasteiger partial charge >= 0.3 is 0 Å². The number of benzene rings is 1. The largest absolute Gasteiger partial charge is 0.291 e. The topological polar surface area (TPSA) is 17.1 Å². The average Bonchev–Trinajstić information content (AvgIpc) is 2.08. The summed E-state index contributed by atoms with van der Waals surface area (Å²) in [5.74, 6) is -3.05. The van der Waals surface area contributed by atoms with E-state index >= 15 is 0 Å². The SMILES string of the molecule is O=C(CF)c1ccc(F)c(F)c1. The van der Waals surface area contributed by atoms with Crippen molar-refractivity contribution >= 4 is 5.78 Å². The van der Waals surface area contributed by atoms with Crippen LogP contribution < -0.4 is 0 Å². The molecule has 0 radical (unpaired) electrons. The molecular formula is C8H5F3O. The van der Waals surface area contributed by atoms with Crippen molar-refractivity contribution in [3.8, 4) is 0 Å². The number of halogens is 3. The second kappa shape index (κ2) is 3.38.